The van der Waals surface area contributed by atoms with Crippen LogP contribution in [0.25, 0.3) is 22.2 Å². The summed E-state index contributed by atoms with van der Waals surface area (Å²) in [5.74, 6) is 0. The van der Waals surface area contributed by atoms with E-state index in [1.165, 1.54) is 16.7 Å². The van der Waals surface area contributed by atoms with Gasteiger partial charge >= 0.3 is 0 Å². The molecule has 1 N–H and O–H groups in total. The molecule has 0 saturated carbocycles. The van der Waals surface area contributed by atoms with Crippen molar-refractivity contribution in [3.63, 3.8) is 0 Å². The van der Waals surface area contributed by atoms with Gasteiger partial charge in [-0.25, -0.2) is 0 Å². The Morgan fingerprint density at radius 1 is 0.950 bits per heavy atom. The zero-order valence-corrected chi connectivity index (χ0v) is 11.9. The van der Waals surface area contributed by atoms with Crippen LogP contribution >= 0.6 is 0 Å². The van der Waals surface area contributed by atoms with Crippen LogP contribution in [0.15, 0.2) is 36.4 Å². The maximum Gasteiger partial charge on any atom is 0.102 e. The number of nitriles is 1. The minimum Gasteiger partial charge on any atom is -0.353 e. The largest absolute Gasteiger partial charge is 0.353 e. The first-order chi connectivity index (χ1) is 9.60. The molecule has 98 valence electrons. The van der Waals surface area contributed by atoms with Crippen LogP contribution in [0, 0.1) is 32.1 Å². The van der Waals surface area contributed by atoms with Crippen LogP contribution in [0.3, 0.4) is 0 Å². The number of nitrogens with zero attached hydrogens (tertiary/aromatic N) is 1. The highest BCUT2D eigenvalue weighted by atomic mass is 14.7. The van der Waals surface area contributed by atoms with Crippen molar-refractivity contribution in [3.8, 4) is 17.3 Å². The Kier molecular flexibility index (Phi) is 2.84. The van der Waals surface area contributed by atoms with Crippen molar-refractivity contribution >= 4 is 10.9 Å². The SMILES string of the molecule is Cc1ccc2[nH]c(-c3ccc(C)c(C)c3)c(C#N)c2c1. The predicted molar refractivity (Wildman–Crippen MR) is 82.7 cm³/mol. The minimum absolute atomic E-state index is 0.729. The molecule has 0 radical (unpaired) electrons. The monoisotopic (exact) mass is 260 g/mol. The van der Waals surface area contributed by atoms with Crippen LogP contribution < -0.4 is 0 Å². The second-order valence-electron chi connectivity index (χ2n) is 5.33. The van der Waals surface area contributed by atoms with E-state index in [1.54, 1.807) is 0 Å². The van der Waals surface area contributed by atoms with E-state index in [9.17, 15) is 5.26 Å². The molecule has 1 aromatic heterocycles. The summed E-state index contributed by atoms with van der Waals surface area (Å²) in [6.07, 6.45) is 0. The number of aryl methyl sites for hydroxylation is 3. The highest BCUT2D eigenvalue weighted by Gasteiger charge is 2.13. The minimum atomic E-state index is 0.729. The molecule has 0 aliphatic rings. The number of nitrogens with one attached hydrogen (secondary N) is 1. The standard InChI is InChI=1S/C18H16N2/c1-11-4-7-17-15(8-11)16(10-19)18(20-17)14-6-5-12(2)13(3)9-14/h4-9,20H,1-3H3. The lowest BCUT2D eigenvalue weighted by molar-refractivity contribution is 1.33. The van der Waals surface area contributed by atoms with Crippen LogP contribution in [-0.4, -0.2) is 4.98 Å². The number of rotatable bonds is 1. The molecular weight excluding hydrogens is 244 g/mol. The molecule has 20 heavy (non-hydrogen) atoms. The third kappa shape index (κ3) is 1.88. The van der Waals surface area contributed by atoms with Gasteiger partial charge < -0.3 is 4.98 Å². The van der Waals surface area contributed by atoms with Gasteiger partial charge in [0.15, 0.2) is 0 Å². The molecule has 0 amide bonds. The Morgan fingerprint density at radius 3 is 2.45 bits per heavy atom. The summed E-state index contributed by atoms with van der Waals surface area (Å²) in [6.45, 7) is 6.24. The molecule has 3 aromatic rings. The van der Waals surface area contributed by atoms with Gasteiger partial charge in [-0.2, -0.15) is 5.26 Å². The van der Waals surface area contributed by atoms with E-state index in [-0.39, 0.29) is 0 Å². The third-order valence-corrected chi connectivity index (χ3v) is 3.86. The third-order valence-electron chi connectivity index (χ3n) is 3.86. The first-order valence-electron chi connectivity index (χ1n) is 6.70. The summed E-state index contributed by atoms with van der Waals surface area (Å²) in [6, 6.07) is 14.8. The topological polar surface area (TPSA) is 39.6 Å². The van der Waals surface area contributed by atoms with E-state index in [4.69, 9.17) is 0 Å². The highest BCUT2D eigenvalue weighted by Crippen LogP contribution is 2.31. The summed E-state index contributed by atoms with van der Waals surface area (Å²) < 4.78 is 0. The average Bonchev–Trinajstić information content (AvgIpc) is 2.79. The smallest absolute Gasteiger partial charge is 0.102 e. The van der Waals surface area contributed by atoms with Gasteiger partial charge in [-0.15, -0.1) is 0 Å². The number of fused-ring (bicyclic) bond motifs is 1. The van der Waals surface area contributed by atoms with Crippen molar-refractivity contribution in [1.82, 2.24) is 4.98 Å². The maximum atomic E-state index is 9.51. The van der Waals surface area contributed by atoms with E-state index in [1.807, 2.05) is 13.0 Å². The van der Waals surface area contributed by atoms with Gasteiger partial charge in [0.05, 0.1) is 11.3 Å². The fraction of sp³-hybridized carbons (Fsp3) is 0.167. The second kappa shape index (κ2) is 4.54. The van der Waals surface area contributed by atoms with Gasteiger partial charge in [0.1, 0.15) is 6.07 Å². The number of benzene rings is 2. The fourth-order valence-electron chi connectivity index (χ4n) is 2.54. The fourth-order valence-corrected chi connectivity index (χ4v) is 2.54. The molecule has 2 heteroatoms. The van der Waals surface area contributed by atoms with E-state index in [0.29, 0.717) is 0 Å². The number of hydrogen-bond donors (Lipinski definition) is 1. The van der Waals surface area contributed by atoms with E-state index in [2.05, 4.69) is 55.2 Å². The molecule has 1 heterocycles. The molecule has 0 bridgehead atoms. The van der Waals surface area contributed by atoms with Gasteiger partial charge in [-0.05, 0) is 55.7 Å². The molecule has 2 nitrogen and oxygen atoms in total. The second-order valence-corrected chi connectivity index (χ2v) is 5.33. The van der Waals surface area contributed by atoms with Crippen molar-refractivity contribution in [2.75, 3.05) is 0 Å². The Hall–Kier alpha value is -2.53. The molecule has 0 spiro atoms. The predicted octanol–water partition coefficient (Wildman–Crippen LogP) is 4.63. The lowest BCUT2D eigenvalue weighted by Gasteiger charge is -2.04. The Balaban J connectivity index is 2.31. The van der Waals surface area contributed by atoms with Crippen LogP contribution in [0.5, 0.6) is 0 Å². The Morgan fingerprint density at radius 2 is 1.75 bits per heavy atom. The maximum absolute atomic E-state index is 9.51. The molecule has 0 unspecified atom stereocenters. The molecule has 2 aromatic carbocycles. The zero-order valence-electron chi connectivity index (χ0n) is 11.9. The molecule has 0 saturated heterocycles. The van der Waals surface area contributed by atoms with Crippen molar-refractivity contribution in [3.05, 3.63) is 58.7 Å². The van der Waals surface area contributed by atoms with Crippen LogP contribution in [0.2, 0.25) is 0 Å². The summed E-state index contributed by atoms with van der Waals surface area (Å²) in [7, 11) is 0. The molecule has 3 rings (SSSR count). The number of aromatic amines is 1. The van der Waals surface area contributed by atoms with Gasteiger partial charge in [0.25, 0.3) is 0 Å². The quantitative estimate of drug-likeness (QED) is 0.680. The molecule has 0 aliphatic heterocycles. The Labute approximate surface area is 118 Å². The summed E-state index contributed by atoms with van der Waals surface area (Å²) >= 11 is 0. The van der Waals surface area contributed by atoms with Crippen molar-refractivity contribution in [2.45, 2.75) is 20.8 Å². The molecule has 0 atom stereocenters. The van der Waals surface area contributed by atoms with E-state index >= 15 is 0 Å². The normalized spacial score (nSPS) is 10.7. The summed E-state index contributed by atoms with van der Waals surface area (Å²) in [4.78, 5) is 3.38. The molecule has 0 fully saturated rings. The molecule has 0 aliphatic carbocycles. The number of hydrogen-bond acceptors (Lipinski definition) is 1. The summed E-state index contributed by atoms with van der Waals surface area (Å²) in [5.41, 5.74) is 7.39. The first kappa shape index (κ1) is 12.5. The van der Waals surface area contributed by atoms with E-state index in [0.717, 1.165) is 27.7 Å². The number of aromatic nitrogens is 1. The van der Waals surface area contributed by atoms with Crippen molar-refractivity contribution < 1.29 is 0 Å². The average molecular weight is 260 g/mol. The molecular formula is C18H16N2. The lowest BCUT2D eigenvalue weighted by Crippen LogP contribution is -1.85. The number of H-pyrrole nitrogens is 1. The van der Waals surface area contributed by atoms with Crippen LogP contribution in [0.1, 0.15) is 22.3 Å². The Bertz CT molecular complexity index is 848. The lowest BCUT2D eigenvalue weighted by atomic mass is 10.0. The highest BCUT2D eigenvalue weighted by molar-refractivity contribution is 5.93. The van der Waals surface area contributed by atoms with Crippen LogP contribution in [-0.2, 0) is 0 Å². The van der Waals surface area contributed by atoms with Crippen LogP contribution in [0.4, 0.5) is 0 Å². The zero-order chi connectivity index (χ0) is 14.3. The van der Waals surface area contributed by atoms with Gasteiger partial charge in [0, 0.05) is 10.9 Å². The van der Waals surface area contributed by atoms with Crippen molar-refractivity contribution in [1.29, 1.82) is 5.26 Å². The van der Waals surface area contributed by atoms with Gasteiger partial charge in [-0.3, -0.25) is 0 Å². The van der Waals surface area contributed by atoms with E-state index < -0.39 is 0 Å². The van der Waals surface area contributed by atoms with Crippen molar-refractivity contribution in [2.24, 2.45) is 0 Å². The van der Waals surface area contributed by atoms with Gasteiger partial charge in [-0.1, -0.05) is 23.8 Å². The van der Waals surface area contributed by atoms with Gasteiger partial charge in [0.2, 0.25) is 0 Å². The first-order valence-corrected chi connectivity index (χ1v) is 6.70. The summed E-state index contributed by atoms with van der Waals surface area (Å²) in [5, 5.41) is 10.5.